The number of fused-ring (bicyclic) bond motifs is 2. The largest absolute Gasteiger partial charge is 0.447 e. The molecular weight excluding hydrogens is 400 g/mol. The lowest BCUT2D eigenvalue weighted by atomic mass is 9.52. The first-order valence-electron chi connectivity index (χ1n) is 10.8. The summed E-state index contributed by atoms with van der Waals surface area (Å²) in [7, 11) is 0. The molecule has 0 saturated carbocycles. The summed E-state index contributed by atoms with van der Waals surface area (Å²) in [5.74, 6) is -2.14. The summed E-state index contributed by atoms with van der Waals surface area (Å²) in [6.07, 6.45) is 0.583. The van der Waals surface area contributed by atoms with Gasteiger partial charge in [-0.2, -0.15) is 15.8 Å². The van der Waals surface area contributed by atoms with Gasteiger partial charge in [0.2, 0.25) is 17.1 Å². The van der Waals surface area contributed by atoms with Gasteiger partial charge in [0.15, 0.2) is 5.41 Å². The molecule has 2 saturated heterocycles. The van der Waals surface area contributed by atoms with Crippen LogP contribution in [0.2, 0.25) is 0 Å². The summed E-state index contributed by atoms with van der Waals surface area (Å²) in [4.78, 5) is 0. The van der Waals surface area contributed by atoms with Crippen LogP contribution in [0.3, 0.4) is 0 Å². The summed E-state index contributed by atoms with van der Waals surface area (Å²) in [6, 6.07) is 23.8. The first-order chi connectivity index (χ1) is 15.5. The topological polar surface area (TPSA) is 114 Å². The van der Waals surface area contributed by atoms with E-state index in [4.69, 9.17) is 14.9 Å². The third-order valence-electron chi connectivity index (χ3n) is 6.88. The van der Waals surface area contributed by atoms with E-state index >= 15 is 0 Å². The number of nitriles is 3. The van der Waals surface area contributed by atoms with Gasteiger partial charge in [0, 0.05) is 6.42 Å². The van der Waals surface area contributed by atoms with Gasteiger partial charge >= 0.3 is 0 Å². The van der Waals surface area contributed by atoms with Crippen molar-refractivity contribution in [2.75, 3.05) is 0 Å². The number of hydrogen-bond donors (Lipinski definition) is 1. The molecule has 2 aliphatic rings. The lowest BCUT2D eigenvalue weighted by Gasteiger charge is -2.49. The van der Waals surface area contributed by atoms with E-state index in [0.717, 1.165) is 11.1 Å². The molecular formula is C26H24N4O2. The fraction of sp³-hybridized carbons (Fsp3) is 0.385. The van der Waals surface area contributed by atoms with Crippen LogP contribution < -0.4 is 0 Å². The molecule has 160 valence electrons. The predicted molar refractivity (Wildman–Crippen MR) is 118 cm³/mol. The number of ether oxygens (including phenoxy) is 2. The lowest BCUT2D eigenvalue weighted by Crippen LogP contribution is -2.59. The minimum atomic E-state index is -1.92. The summed E-state index contributed by atoms with van der Waals surface area (Å²) >= 11 is 0. The van der Waals surface area contributed by atoms with Gasteiger partial charge in [-0.3, -0.25) is 5.41 Å². The molecule has 4 unspecified atom stereocenters. The van der Waals surface area contributed by atoms with Gasteiger partial charge in [0.25, 0.3) is 0 Å². The molecule has 4 atom stereocenters. The minimum absolute atomic E-state index is 0.341. The number of benzene rings is 2. The van der Waals surface area contributed by atoms with Crippen molar-refractivity contribution >= 4 is 5.90 Å². The Morgan fingerprint density at radius 1 is 0.906 bits per heavy atom. The molecule has 2 aromatic rings. The molecule has 2 bridgehead atoms. The second-order valence-corrected chi connectivity index (χ2v) is 8.39. The first kappa shape index (κ1) is 21.6. The van der Waals surface area contributed by atoms with Crippen LogP contribution in [0.25, 0.3) is 11.1 Å². The van der Waals surface area contributed by atoms with Crippen LogP contribution in [-0.4, -0.2) is 11.7 Å². The van der Waals surface area contributed by atoms with Gasteiger partial charge in [-0.05, 0) is 29.5 Å². The van der Waals surface area contributed by atoms with Crippen LogP contribution in [-0.2, 0) is 9.47 Å². The number of nitrogens with one attached hydrogen (secondary N) is 1. The zero-order valence-corrected chi connectivity index (χ0v) is 18.1. The van der Waals surface area contributed by atoms with E-state index in [2.05, 4.69) is 18.2 Å². The van der Waals surface area contributed by atoms with E-state index in [1.807, 2.05) is 68.4 Å². The van der Waals surface area contributed by atoms with Crippen LogP contribution in [0.15, 0.2) is 54.6 Å². The van der Waals surface area contributed by atoms with E-state index in [1.54, 1.807) is 0 Å². The second-order valence-electron chi connectivity index (χ2n) is 8.39. The second kappa shape index (κ2) is 7.79. The maximum absolute atomic E-state index is 10.3. The highest BCUT2D eigenvalue weighted by atomic mass is 16.7. The average molecular weight is 425 g/mol. The van der Waals surface area contributed by atoms with E-state index in [0.29, 0.717) is 24.8 Å². The van der Waals surface area contributed by atoms with Crippen molar-refractivity contribution < 1.29 is 9.47 Å². The first-order valence-corrected chi connectivity index (χ1v) is 10.8. The van der Waals surface area contributed by atoms with Crippen LogP contribution in [0.1, 0.15) is 44.8 Å². The third-order valence-corrected chi connectivity index (χ3v) is 6.88. The van der Waals surface area contributed by atoms with E-state index in [-0.39, 0.29) is 5.90 Å². The van der Waals surface area contributed by atoms with Gasteiger partial charge in [-0.1, -0.05) is 68.4 Å². The zero-order valence-electron chi connectivity index (χ0n) is 18.1. The quantitative estimate of drug-likeness (QED) is 0.681. The van der Waals surface area contributed by atoms with E-state index < -0.39 is 28.6 Å². The Kier molecular flexibility index (Phi) is 5.25. The molecule has 0 radical (unpaired) electrons. The fourth-order valence-electron chi connectivity index (χ4n) is 5.45. The van der Waals surface area contributed by atoms with Crippen molar-refractivity contribution in [2.45, 2.75) is 45.0 Å². The highest BCUT2D eigenvalue weighted by molar-refractivity contribution is 5.89. The Morgan fingerprint density at radius 3 is 2.06 bits per heavy atom. The standard InChI is InChI=1S/C26H24N4O2/c1-3-14-26-21(4-2)25(17-29,23(30)32-26)24(15-27,16-28)22(31-26)20-12-10-19(11-13-20)18-8-6-5-7-9-18/h5-13,21-22,30H,3-4,14H2,1-2H3. The highest BCUT2D eigenvalue weighted by Crippen LogP contribution is 2.68. The highest BCUT2D eigenvalue weighted by Gasteiger charge is 2.79. The summed E-state index contributed by atoms with van der Waals surface area (Å²) in [5.41, 5.74) is -0.979. The average Bonchev–Trinajstić information content (AvgIpc) is 3.02. The maximum Gasteiger partial charge on any atom is 0.217 e. The van der Waals surface area contributed by atoms with Gasteiger partial charge in [-0.15, -0.1) is 0 Å². The molecule has 2 heterocycles. The smallest absolute Gasteiger partial charge is 0.217 e. The molecule has 2 fully saturated rings. The molecule has 6 nitrogen and oxygen atoms in total. The number of rotatable bonds is 5. The molecule has 4 rings (SSSR count). The Labute approximate surface area is 188 Å². The normalized spacial score (nSPS) is 29.9. The Morgan fingerprint density at radius 2 is 1.53 bits per heavy atom. The van der Waals surface area contributed by atoms with Gasteiger partial charge in [-0.25, -0.2) is 0 Å². The molecule has 1 N–H and O–H groups in total. The van der Waals surface area contributed by atoms with Gasteiger partial charge in [0.05, 0.1) is 24.1 Å². The fourth-order valence-corrected chi connectivity index (χ4v) is 5.45. The minimum Gasteiger partial charge on any atom is -0.447 e. The predicted octanol–water partition coefficient (Wildman–Crippen LogP) is 5.50. The molecule has 6 heteroatoms. The molecule has 2 aromatic carbocycles. The Bertz CT molecular complexity index is 1140. The van der Waals surface area contributed by atoms with E-state index in [1.165, 1.54) is 0 Å². The molecule has 2 aliphatic heterocycles. The lowest BCUT2D eigenvalue weighted by molar-refractivity contribution is -0.286. The summed E-state index contributed by atoms with van der Waals surface area (Å²) in [6.45, 7) is 3.85. The summed E-state index contributed by atoms with van der Waals surface area (Å²) in [5, 5.41) is 39.6. The molecule has 0 aromatic heterocycles. The van der Waals surface area contributed by atoms with Crippen molar-refractivity contribution in [3.63, 3.8) is 0 Å². The van der Waals surface area contributed by atoms with Crippen molar-refractivity contribution in [2.24, 2.45) is 16.7 Å². The Hall–Kier alpha value is -3.66. The van der Waals surface area contributed by atoms with Crippen LogP contribution in [0.4, 0.5) is 0 Å². The molecule has 32 heavy (non-hydrogen) atoms. The zero-order chi connectivity index (χ0) is 23.0. The van der Waals surface area contributed by atoms with Crippen molar-refractivity contribution in [3.05, 3.63) is 60.2 Å². The third kappa shape index (κ3) is 2.62. The number of nitrogens with zero attached hydrogens (tertiary/aromatic N) is 3. The molecule has 0 spiro atoms. The van der Waals surface area contributed by atoms with Crippen molar-refractivity contribution in [3.8, 4) is 29.3 Å². The van der Waals surface area contributed by atoms with E-state index in [9.17, 15) is 15.8 Å². The molecule has 0 aliphatic carbocycles. The monoisotopic (exact) mass is 424 g/mol. The SMILES string of the molecule is CCCC12OC(=N)C(C#N)(C1CC)C(C#N)(C#N)C(c1ccc(-c3ccccc3)cc1)O2. The molecule has 0 amide bonds. The summed E-state index contributed by atoms with van der Waals surface area (Å²) < 4.78 is 12.4. The Balaban J connectivity index is 1.89. The van der Waals surface area contributed by atoms with Gasteiger partial charge in [0.1, 0.15) is 6.10 Å². The van der Waals surface area contributed by atoms with Crippen molar-refractivity contribution in [1.29, 1.82) is 21.2 Å². The van der Waals surface area contributed by atoms with Crippen LogP contribution in [0, 0.1) is 56.2 Å². The van der Waals surface area contributed by atoms with Crippen LogP contribution >= 0.6 is 0 Å². The van der Waals surface area contributed by atoms with Crippen molar-refractivity contribution in [1.82, 2.24) is 0 Å². The van der Waals surface area contributed by atoms with Crippen LogP contribution in [0.5, 0.6) is 0 Å². The number of hydrogen-bond acceptors (Lipinski definition) is 6. The maximum atomic E-state index is 10.3. The van der Waals surface area contributed by atoms with Gasteiger partial charge < -0.3 is 9.47 Å².